The number of hydrogen-bond acceptors (Lipinski definition) is 1. The molecule has 3 rings (SSSR count). The highest BCUT2D eigenvalue weighted by atomic mass is 35.5. The summed E-state index contributed by atoms with van der Waals surface area (Å²) in [6.07, 6.45) is 8.98. The molecule has 1 aromatic rings. The maximum atomic E-state index is 5.96. The predicted octanol–water partition coefficient (Wildman–Crippen LogP) is 2.68. The zero-order valence-electron chi connectivity index (χ0n) is 14.3. The van der Waals surface area contributed by atoms with Gasteiger partial charge in [-0.25, -0.2) is 0 Å². The Kier molecular flexibility index (Phi) is 6.75. The molecule has 0 bridgehead atoms. The Morgan fingerprint density at radius 1 is 0.958 bits per heavy atom. The zero-order valence-corrected chi connectivity index (χ0v) is 15.9. The monoisotopic (exact) mass is 366 g/mol. The first-order valence-electron chi connectivity index (χ1n) is 9.34. The standard InChI is InChI=1S/C19H28ClN3S/c20-16-8-6-15(7-9-16)14-23-12-10-18(11-13-23)22-19(24)21-17-4-2-1-3-5-17/h6-9,17-18H,1-5,10-14H2,(H2,21,22,24)/p+1. The maximum absolute atomic E-state index is 5.96. The fourth-order valence-corrected chi connectivity index (χ4v) is 4.36. The molecule has 2 aliphatic rings. The number of hydrogen-bond donors (Lipinski definition) is 3. The largest absolute Gasteiger partial charge is 0.360 e. The molecule has 0 radical (unpaired) electrons. The van der Waals surface area contributed by atoms with Gasteiger partial charge in [-0.15, -0.1) is 0 Å². The molecule has 1 saturated heterocycles. The van der Waals surface area contributed by atoms with Crippen molar-refractivity contribution < 1.29 is 4.90 Å². The van der Waals surface area contributed by atoms with E-state index in [1.165, 1.54) is 63.6 Å². The number of halogens is 1. The fourth-order valence-electron chi connectivity index (χ4n) is 3.90. The van der Waals surface area contributed by atoms with Crippen molar-refractivity contribution in [1.82, 2.24) is 10.6 Å². The molecule has 3 nitrogen and oxygen atoms in total. The van der Waals surface area contributed by atoms with Crippen molar-refractivity contribution in [1.29, 1.82) is 0 Å². The molecule has 0 amide bonds. The summed E-state index contributed by atoms with van der Waals surface area (Å²) in [4.78, 5) is 1.65. The minimum absolute atomic E-state index is 0.530. The highest BCUT2D eigenvalue weighted by Gasteiger charge is 2.23. The van der Waals surface area contributed by atoms with Crippen molar-refractivity contribution >= 4 is 28.9 Å². The van der Waals surface area contributed by atoms with E-state index in [4.69, 9.17) is 23.8 Å². The van der Waals surface area contributed by atoms with Gasteiger partial charge in [0.15, 0.2) is 5.11 Å². The van der Waals surface area contributed by atoms with E-state index in [9.17, 15) is 0 Å². The second kappa shape index (κ2) is 9.02. The lowest BCUT2D eigenvalue weighted by Gasteiger charge is -2.32. The molecule has 0 spiro atoms. The van der Waals surface area contributed by atoms with Crippen molar-refractivity contribution in [2.24, 2.45) is 0 Å². The van der Waals surface area contributed by atoms with Crippen LogP contribution in [0.15, 0.2) is 24.3 Å². The van der Waals surface area contributed by atoms with E-state index < -0.39 is 0 Å². The first kappa shape index (κ1) is 18.0. The van der Waals surface area contributed by atoms with Gasteiger partial charge in [0.1, 0.15) is 6.54 Å². The lowest BCUT2D eigenvalue weighted by atomic mass is 9.96. The van der Waals surface area contributed by atoms with E-state index in [0.29, 0.717) is 12.1 Å². The summed E-state index contributed by atoms with van der Waals surface area (Å²) in [5.41, 5.74) is 1.37. The molecule has 0 aromatic heterocycles. The highest BCUT2D eigenvalue weighted by molar-refractivity contribution is 7.80. The molecule has 5 heteroatoms. The van der Waals surface area contributed by atoms with Gasteiger partial charge in [-0.2, -0.15) is 0 Å². The Balaban J connectivity index is 1.37. The third-order valence-corrected chi connectivity index (χ3v) is 5.82. The van der Waals surface area contributed by atoms with Crippen LogP contribution in [-0.4, -0.2) is 30.3 Å². The molecule has 24 heavy (non-hydrogen) atoms. The number of thiocarbonyl (C=S) groups is 1. The minimum atomic E-state index is 0.530. The minimum Gasteiger partial charge on any atom is -0.360 e. The van der Waals surface area contributed by atoms with E-state index >= 15 is 0 Å². The molecule has 1 heterocycles. The Bertz CT molecular complexity index is 520. The summed E-state index contributed by atoms with van der Waals surface area (Å²) in [7, 11) is 0. The topological polar surface area (TPSA) is 28.5 Å². The van der Waals surface area contributed by atoms with Gasteiger partial charge < -0.3 is 15.5 Å². The maximum Gasteiger partial charge on any atom is 0.166 e. The Labute approximate surface area is 156 Å². The van der Waals surface area contributed by atoms with Gasteiger partial charge in [-0.3, -0.25) is 0 Å². The normalized spacial score (nSPS) is 25.2. The average Bonchev–Trinajstić information content (AvgIpc) is 2.59. The van der Waals surface area contributed by atoms with Crippen LogP contribution in [0.25, 0.3) is 0 Å². The lowest BCUT2D eigenvalue weighted by Crippen LogP contribution is -3.12. The van der Waals surface area contributed by atoms with E-state index in [-0.39, 0.29) is 0 Å². The van der Waals surface area contributed by atoms with E-state index in [0.717, 1.165) is 16.7 Å². The molecule has 132 valence electrons. The number of rotatable bonds is 4. The molecule has 1 aromatic carbocycles. The Morgan fingerprint density at radius 3 is 2.17 bits per heavy atom. The van der Waals surface area contributed by atoms with Gasteiger partial charge in [0, 0.05) is 35.5 Å². The van der Waals surface area contributed by atoms with Crippen LogP contribution < -0.4 is 15.5 Å². The summed E-state index contributed by atoms with van der Waals surface area (Å²) >= 11 is 11.5. The van der Waals surface area contributed by atoms with Crippen LogP contribution in [0.2, 0.25) is 5.02 Å². The van der Waals surface area contributed by atoms with Crippen LogP contribution in [-0.2, 0) is 6.54 Å². The molecule has 1 aliphatic carbocycles. The molecule has 3 N–H and O–H groups in total. The van der Waals surface area contributed by atoms with E-state index in [1.807, 2.05) is 12.1 Å². The van der Waals surface area contributed by atoms with Crippen LogP contribution in [0.4, 0.5) is 0 Å². The zero-order chi connectivity index (χ0) is 16.8. The number of quaternary nitrogens is 1. The number of nitrogens with one attached hydrogen (secondary N) is 3. The summed E-state index contributed by atoms with van der Waals surface area (Å²) in [5.74, 6) is 0. The van der Waals surface area contributed by atoms with Crippen LogP contribution in [0, 0.1) is 0 Å². The van der Waals surface area contributed by atoms with Crippen LogP contribution >= 0.6 is 23.8 Å². The summed E-state index contributed by atoms with van der Waals surface area (Å²) in [6.45, 7) is 3.49. The SMILES string of the molecule is S=C(NC1CCCCC1)NC1CC[NH+](Cc2ccc(Cl)cc2)CC1. The predicted molar refractivity (Wildman–Crippen MR) is 105 cm³/mol. The lowest BCUT2D eigenvalue weighted by molar-refractivity contribution is -0.918. The van der Waals surface area contributed by atoms with Gasteiger partial charge >= 0.3 is 0 Å². The summed E-state index contributed by atoms with van der Waals surface area (Å²) in [6, 6.07) is 9.38. The van der Waals surface area contributed by atoms with Crippen molar-refractivity contribution in [2.45, 2.75) is 63.6 Å². The summed E-state index contributed by atoms with van der Waals surface area (Å²) in [5, 5.41) is 8.76. The summed E-state index contributed by atoms with van der Waals surface area (Å²) < 4.78 is 0. The van der Waals surface area contributed by atoms with E-state index in [1.54, 1.807) is 4.90 Å². The van der Waals surface area contributed by atoms with Crippen molar-refractivity contribution in [3.63, 3.8) is 0 Å². The molecular weight excluding hydrogens is 338 g/mol. The van der Waals surface area contributed by atoms with Crippen molar-refractivity contribution in [2.75, 3.05) is 13.1 Å². The van der Waals surface area contributed by atoms with Gasteiger partial charge in [-0.1, -0.05) is 43.0 Å². The number of likely N-dealkylation sites (tertiary alicyclic amines) is 1. The van der Waals surface area contributed by atoms with Crippen molar-refractivity contribution in [3.8, 4) is 0 Å². The first-order chi connectivity index (χ1) is 11.7. The molecule has 0 atom stereocenters. The molecular formula is C19H29ClN3S+. The second-order valence-electron chi connectivity index (χ2n) is 7.28. The second-order valence-corrected chi connectivity index (χ2v) is 8.12. The van der Waals surface area contributed by atoms with Gasteiger partial charge in [0.2, 0.25) is 0 Å². The van der Waals surface area contributed by atoms with Crippen LogP contribution in [0.5, 0.6) is 0 Å². The average molecular weight is 367 g/mol. The Morgan fingerprint density at radius 2 is 1.54 bits per heavy atom. The van der Waals surface area contributed by atoms with Crippen LogP contribution in [0.1, 0.15) is 50.5 Å². The number of benzene rings is 1. The highest BCUT2D eigenvalue weighted by Crippen LogP contribution is 2.17. The molecule has 1 saturated carbocycles. The van der Waals surface area contributed by atoms with Gasteiger partial charge in [0.25, 0.3) is 0 Å². The number of piperidine rings is 1. The Hall–Kier alpha value is -0.840. The molecule has 1 aliphatic heterocycles. The van der Waals surface area contributed by atoms with Crippen LogP contribution in [0.3, 0.4) is 0 Å². The third-order valence-electron chi connectivity index (χ3n) is 5.34. The van der Waals surface area contributed by atoms with Gasteiger partial charge in [0.05, 0.1) is 13.1 Å². The van der Waals surface area contributed by atoms with Crippen molar-refractivity contribution in [3.05, 3.63) is 34.9 Å². The quantitative estimate of drug-likeness (QED) is 0.715. The molecule has 2 fully saturated rings. The molecule has 0 unspecified atom stereocenters. The fraction of sp³-hybridized carbons (Fsp3) is 0.632. The van der Waals surface area contributed by atoms with Gasteiger partial charge in [-0.05, 0) is 37.2 Å². The third kappa shape index (κ3) is 5.61. The first-order valence-corrected chi connectivity index (χ1v) is 10.1. The smallest absolute Gasteiger partial charge is 0.166 e. The van der Waals surface area contributed by atoms with E-state index in [2.05, 4.69) is 22.8 Å².